The van der Waals surface area contributed by atoms with Crippen molar-refractivity contribution in [2.75, 3.05) is 0 Å². The van der Waals surface area contributed by atoms with E-state index in [-0.39, 0.29) is 29.9 Å². The summed E-state index contributed by atoms with van der Waals surface area (Å²) >= 11 is 0. The molecule has 1 aromatic carbocycles. The van der Waals surface area contributed by atoms with E-state index in [0.29, 0.717) is 0 Å². The van der Waals surface area contributed by atoms with E-state index in [9.17, 15) is 4.79 Å². The van der Waals surface area contributed by atoms with Gasteiger partial charge in [-0.05, 0) is 30.1 Å². The molecular weight excluding hydrogens is 318 g/mol. The predicted octanol–water partition coefficient (Wildman–Crippen LogP) is 4.63. The third-order valence-electron chi connectivity index (χ3n) is 4.81. The lowest BCUT2D eigenvalue weighted by Gasteiger charge is -2.38. The van der Waals surface area contributed by atoms with Crippen LogP contribution >= 0.6 is 0 Å². The van der Waals surface area contributed by atoms with Crippen molar-refractivity contribution in [2.45, 2.75) is 64.1 Å². The number of hydrogen-bond acceptors (Lipinski definition) is 3. The summed E-state index contributed by atoms with van der Waals surface area (Å²) in [6, 6.07) is 9.65. The number of nitrogens with one attached hydrogen (secondary N) is 1. The van der Waals surface area contributed by atoms with Crippen LogP contribution < -0.4 is 5.32 Å². The van der Waals surface area contributed by atoms with Crippen LogP contribution in [0.15, 0.2) is 42.5 Å². The summed E-state index contributed by atoms with van der Waals surface area (Å²) in [6.45, 7) is 11.5. The first-order valence-corrected chi connectivity index (χ1v) is 11.4. The molecule has 0 saturated heterocycles. The lowest BCUT2D eigenvalue weighted by molar-refractivity contribution is 0.135. The molecule has 1 aromatic rings. The Kier molecular flexibility index (Phi) is 5.88. The minimum absolute atomic E-state index is 0.0250. The van der Waals surface area contributed by atoms with Crippen LogP contribution in [-0.2, 0) is 15.8 Å². The Bertz CT molecular complexity index is 578. The molecule has 1 aliphatic carbocycles. The van der Waals surface area contributed by atoms with Gasteiger partial charge in [-0.15, -0.1) is 0 Å². The molecular formula is C19H29NO3Si. The largest absolute Gasteiger partial charge is 0.445 e. The second-order valence-corrected chi connectivity index (χ2v) is 12.6. The van der Waals surface area contributed by atoms with Crippen molar-refractivity contribution in [2.24, 2.45) is 0 Å². The number of hydrogen-bond donors (Lipinski definition) is 1. The van der Waals surface area contributed by atoms with Gasteiger partial charge in [0.05, 0.1) is 12.1 Å². The molecule has 0 aromatic heterocycles. The Balaban J connectivity index is 1.76. The molecule has 2 rings (SSSR count). The number of rotatable bonds is 5. The maximum Gasteiger partial charge on any atom is 0.407 e. The molecule has 5 heteroatoms. The van der Waals surface area contributed by atoms with E-state index in [1.54, 1.807) is 0 Å². The first-order chi connectivity index (χ1) is 11.2. The van der Waals surface area contributed by atoms with Crippen LogP contribution in [0.3, 0.4) is 0 Å². The molecule has 0 radical (unpaired) electrons. The van der Waals surface area contributed by atoms with Gasteiger partial charge >= 0.3 is 6.09 Å². The zero-order chi connectivity index (χ0) is 17.8. The zero-order valence-electron chi connectivity index (χ0n) is 15.3. The fourth-order valence-electron chi connectivity index (χ4n) is 2.33. The number of carbonyl (C=O) groups is 1. The van der Waals surface area contributed by atoms with E-state index < -0.39 is 8.32 Å². The van der Waals surface area contributed by atoms with Gasteiger partial charge in [0.2, 0.25) is 0 Å². The topological polar surface area (TPSA) is 47.6 Å². The molecule has 0 heterocycles. The maximum absolute atomic E-state index is 11.9. The second kappa shape index (κ2) is 7.53. The number of alkyl carbamates (subject to hydrolysis) is 1. The van der Waals surface area contributed by atoms with E-state index in [1.165, 1.54) is 0 Å². The predicted molar refractivity (Wildman–Crippen MR) is 99.4 cm³/mol. The van der Waals surface area contributed by atoms with E-state index in [4.69, 9.17) is 9.16 Å². The quantitative estimate of drug-likeness (QED) is 0.624. The number of benzene rings is 1. The van der Waals surface area contributed by atoms with Gasteiger partial charge in [-0.2, -0.15) is 0 Å². The maximum atomic E-state index is 11.9. The third kappa shape index (κ3) is 5.21. The molecule has 1 N–H and O–H groups in total. The average Bonchev–Trinajstić information content (AvgIpc) is 2.91. The van der Waals surface area contributed by atoms with Crippen molar-refractivity contribution in [3.05, 3.63) is 48.0 Å². The summed E-state index contributed by atoms with van der Waals surface area (Å²) in [5, 5.41) is 3.07. The molecule has 132 valence electrons. The highest BCUT2D eigenvalue weighted by Crippen LogP contribution is 2.38. The monoisotopic (exact) mass is 347 g/mol. The summed E-state index contributed by atoms with van der Waals surface area (Å²) in [4.78, 5) is 11.9. The molecule has 2 atom stereocenters. The Morgan fingerprint density at radius 2 is 1.88 bits per heavy atom. The number of amides is 1. The van der Waals surface area contributed by atoms with Gasteiger partial charge in [-0.25, -0.2) is 4.79 Å². The zero-order valence-corrected chi connectivity index (χ0v) is 16.3. The van der Waals surface area contributed by atoms with Crippen LogP contribution in [0, 0.1) is 0 Å². The molecule has 1 amide bonds. The second-order valence-electron chi connectivity index (χ2n) is 7.85. The molecule has 0 unspecified atom stereocenters. The normalized spacial score (nSPS) is 20.9. The van der Waals surface area contributed by atoms with Crippen molar-refractivity contribution in [3.8, 4) is 0 Å². The van der Waals surface area contributed by atoms with Crippen molar-refractivity contribution in [1.82, 2.24) is 5.32 Å². The minimum Gasteiger partial charge on any atom is -0.445 e. The first-order valence-electron chi connectivity index (χ1n) is 8.51. The van der Waals surface area contributed by atoms with Gasteiger partial charge in [0, 0.05) is 0 Å². The lowest BCUT2D eigenvalue weighted by atomic mass is 10.2. The van der Waals surface area contributed by atoms with Crippen molar-refractivity contribution in [1.29, 1.82) is 0 Å². The van der Waals surface area contributed by atoms with Gasteiger partial charge in [-0.3, -0.25) is 0 Å². The highest BCUT2D eigenvalue weighted by Gasteiger charge is 2.39. The summed E-state index contributed by atoms with van der Waals surface area (Å²) in [5.41, 5.74) is 0.980. The summed E-state index contributed by atoms with van der Waals surface area (Å²) in [7, 11) is -1.79. The lowest BCUT2D eigenvalue weighted by Crippen LogP contribution is -2.44. The van der Waals surface area contributed by atoms with Crippen LogP contribution in [0.4, 0.5) is 4.79 Å². The smallest absolute Gasteiger partial charge is 0.407 e. The Morgan fingerprint density at radius 1 is 1.21 bits per heavy atom. The van der Waals surface area contributed by atoms with Crippen molar-refractivity contribution in [3.63, 3.8) is 0 Å². The van der Waals surface area contributed by atoms with E-state index in [1.807, 2.05) is 36.4 Å². The van der Waals surface area contributed by atoms with Crippen molar-refractivity contribution < 1.29 is 14.0 Å². The molecule has 0 aliphatic heterocycles. The molecule has 24 heavy (non-hydrogen) atoms. The summed E-state index contributed by atoms with van der Waals surface area (Å²) in [5.74, 6) is 0. The molecule has 0 fully saturated rings. The molecule has 0 bridgehead atoms. The Labute approximate surface area is 146 Å². The van der Waals surface area contributed by atoms with Gasteiger partial charge in [-0.1, -0.05) is 63.3 Å². The third-order valence-corrected chi connectivity index (χ3v) is 9.32. The van der Waals surface area contributed by atoms with E-state index in [2.05, 4.69) is 45.3 Å². The fraction of sp³-hybridized carbons (Fsp3) is 0.526. The molecule has 0 spiro atoms. The van der Waals surface area contributed by atoms with Gasteiger partial charge in [0.15, 0.2) is 8.32 Å². The summed E-state index contributed by atoms with van der Waals surface area (Å²) < 4.78 is 11.6. The first kappa shape index (κ1) is 18.7. The van der Waals surface area contributed by atoms with Crippen LogP contribution in [0.25, 0.3) is 0 Å². The SMILES string of the molecule is CC(C)(C)[Si](C)(C)O[C@@H]1C=C[C@H](NC(=O)OCc2ccccc2)C1. The van der Waals surface area contributed by atoms with Crippen molar-refractivity contribution >= 4 is 14.4 Å². The molecule has 4 nitrogen and oxygen atoms in total. The highest BCUT2D eigenvalue weighted by atomic mass is 28.4. The highest BCUT2D eigenvalue weighted by molar-refractivity contribution is 6.74. The van der Waals surface area contributed by atoms with Gasteiger partial charge in [0.25, 0.3) is 0 Å². The minimum atomic E-state index is -1.79. The molecule has 0 saturated carbocycles. The van der Waals surface area contributed by atoms with Crippen LogP contribution in [0.5, 0.6) is 0 Å². The van der Waals surface area contributed by atoms with Crippen LogP contribution in [-0.4, -0.2) is 26.6 Å². The van der Waals surface area contributed by atoms with Crippen LogP contribution in [0.1, 0.15) is 32.8 Å². The fourth-order valence-corrected chi connectivity index (χ4v) is 3.62. The molecule has 1 aliphatic rings. The Morgan fingerprint density at radius 3 is 2.50 bits per heavy atom. The average molecular weight is 348 g/mol. The summed E-state index contributed by atoms with van der Waals surface area (Å²) in [6.07, 6.45) is 4.52. The standard InChI is InChI=1S/C19H29NO3Si/c1-19(2,3)24(4,5)23-17-12-11-16(13-17)20-18(21)22-14-15-9-7-6-8-10-15/h6-12,16-17H,13-14H2,1-5H3,(H,20,21)/t16-,17+/m0/s1. The number of ether oxygens (including phenoxy) is 1. The van der Waals surface area contributed by atoms with Gasteiger partial charge in [0.1, 0.15) is 6.61 Å². The van der Waals surface area contributed by atoms with Gasteiger partial charge < -0.3 is 14.5 Å². The van der Waals surface area contributed by atoms with E-state index >= 15 is 0 Å². The number of carbonyl (C=O) groups excluding carboxylic acids is 1. The van der Waals surface area contributed by atoms with Crippen LogP contribution in [0.2, 0.25) is 18.1 Å². The Hall–Kier alpha value is -1.59. The van der Waals surface area contributed by atoms with E-state index in [0.717, 1.165) is 12.0 Å².